The van der Waals surface area contributed by atoms with Crippen LogP contribution in [0.4, 0.5) is 5.69 Å². The second-order valence-electron chi connectivity index (χ2n) is 5.92. The van der Waals surface area contributed by atoms with E-state index in [1.165, 1.54) is 0 Å². The van der Waals surface area contributed by atoms with Crippen LogP contribution in [0.15, 0.2) is 18.3 Å². The molecule has 0 aromatic carbocycles. The number of hydrogen-bond acceptors (Lipinski definition) is 4. The summed E-state index contributed by atoms with van der Waals surface area (Å²) in [5.41, 5.74) is 1.24. The monoisotopic (exact) mass is 248 g/mol. The zero-order valence-corrected chi connectivity index (χ0v) is 12.0. The maximum atomic E-state index is 5.95. The summed E-state index contributed by atoms with van der Waals surface area (Å²) in [5.74, 6) is 0. The highest BCUT2D eigenvalue weighted by atomic mass is 16.7. The highest BCUT2D eigenvalue weighted by Crippen LogP contribution is 2.36. The lowest BCUT2D eigenvalue weighted by Gasteiger charge is -2.32. The Balaban J connectivity index is 2.19. The zero-order chi connectivity index (χ0) is 13.6. The summed E-state index contributed by atoms with van der Waals surface area (Å²) in [6.45, 7) is 8.17. The quantitative estimate of drug-likeness (QED) is 0.742. The van der Waals surface area contributed by atoms with E-state index in [9.17, 15) is 0 Å². The van der Waals surface area contributed by atoms with E-state index in [-0.39, 0.29) is 18.3 Å². The van der Waals surface area contributed by atoms with Crippen molar-refractivity contribution >= 4 is 18.4 Å². The lowest BCUT2D eigenvalue weighted by Crippen LogP contribution is -2.41. The zero-order valence-electron chi connectivity index (χ0n) is 12.0. The number of anilines is 1. The maximum Gasteiger partial charge on any atom is 0.514 e. The van der Waals surface area contributed by atoms with Crippen LogP contribution in [0.1, 0.15) is 27.7 Å². The Kier molecular flexibility index (Phi) is 3.15. The van der Waals surface area contributed by atoms with Crippen molar-refractivity contribution in [3.63, 3.8) is 0 Å². The fraction of sp³-hybridized carbons (Fsp3) is 0.615. The Labute approximate surface area is 109 Å². The van der Waals surface area contributed by atoms with E-state index >= 15 is 0 Å². The van der Waals surface area contributed by atoms with Crippen molar-refractivity contribution in [1.29, 1.82) is 0 Å². The van der Waals surface area contributed by atoms with Crippen molar-refractivity contribution < 1.29 is 9.31 Å². The molecule has 1 aromatic rings. The molecule has 4 nitrogen and oxygen atoms in total. The Morgan fingerprint density at radius 1 is 1.06 bits per heavy atom. The third kappa shape index (κ3) is 2.25. The fourth-order valence-electron chi connectivity index (χ4n) is 1.77. The molecular weight excluding hydrogens is 227 g/mol. The normalized spacial score (nSPS) is 21.1. The molecule has 0 saturated carbocycles. The minimum absolute atomic E-state index is 0.320. The van der Waals surface area contributed by atoms with E-state index in [4.69, 9.17) is 9.31 Å². The predicted molar refractivity (Wildman–Crippen MR) is 74.3 cm³/mol. The first-order chi connectivity index (χ1) is 8.23. The van der Waals surface area contributed by atoms with Gasteiger partial charge < -0.3 is 14.2 Å². The Hall–Kier alpha value is -1.07. The topological polar surface area (TPSA) is 34.6 Å². The van der Waals surface area contributed by atoms with Gasteiger partial charge in [0, 0.05) is 20.3 Å². The molecule has 1 aromatic heterocycles. The van der Waals surface area contributed by atoms with Crippen molar-refractivity contribution in [3.05, 3.63) is 18.3 Å². The summed E-state index contributed by atoms with van der Waals surface area (Å²) in [5, 5.41) is 0. The first kappa shape index (κ1) is 13.4. The molecule has 0 unspecified atom stereocenters. The van der Waals surface area contributed by atoms with Crippen molar-refractivity contribution in [2.75, 3.05) is 19.0 Å². The van der Waals surface area contributed by atoms with Crippen LogP contribution >= 0.6 is 0 Å². The average Bonchev–Trinajstić information content (AvgIpc) is 2.48. The predicted octanol–water partition coefficient (Wildman–Crippen LogP) is 1.45. The third-order valence-electron chi connectivity index (χ3n) is 3.78. The molecule has 98 valence electrons. The molecule has 5 heteroatoms. The van der Waals surface area contributed by atoms with Crippen LogP contribution in [0.2, 0.25) is 0 Å². The van der Waals surface area contributed by atoms with E-state index in [0.29, 0.717) is 0 Å². The first-order valence-corrected chi connectivity index (χ1v) is 6.22. The molecular formula is C13H21BN2O2. The largest absolute Gasteiger partial charge is 0.514 e. The van der Waals surface area contributed by atoms with E-state index < -0.39 is 0 Å². The van der Waals surface area contributed by atoms with Crippen molar-refractivity contribution in [3.8, 4) is 0 Å². The summed E-state index contributed by atoms with van der Waals surface area (Å²) in [7, 11) is 3.60. The lowest BCUT2D eigenvalue weighted by molar-refractivity contribution is 0.00578. The second-order valence-corrected chi connectivity index (χ2v) is 5.92. The molecule has 1 fully saturated rings. The van der Waals surface area contributed by atoms with Gasteiger partial charge in [-0.1, -0.05) is 0 Å². The average molecular weight is 248 g/mol. The van der Waals surface area contributed by atoms with Crippen LogP contribution in [0.25, 0.3) is 0 Å². The van der Waals surface area contributed by atoms with Crippen LogP contribution in [-0.2, 0) is 9.31 Å². The Morgan fingerprint density at radius 3 is 2.00 bits per heavy atom. The fourth-order valence-corrected chi connectivity index (χ4v) is 1.77. The van der Waals surface area contributed by atoms with E-state index in [1.807, 2.05) is 65.0 Å². The van der Waals surface area contributed by atoms with Crippen molar-refractivity contribution in [1.82, 2.24) is 4.98 Å². The van der Waals surface area contributed by atoms with Gasteiger partial charge in [-0.2, -0.15) is 0 Å². The molecule has 0 atom stereocenters. The number of aromatic nitrogens is 1. The molecule has 2 heterocycles. The summed E-state index contributed by atoms with van der Waals surface area (Å²) >= 11 is 0. The molecule has 1 aliphatic rings. The van der Waals surface area contributed by atoms with Crippen LogP contribution in [0.3, 0.4) is 0 Å². The Morgan fingerprint density at radius 2 is 1.61 bits per heavy atom. The molecule has 1 saturated heterocycles. The third-order valence-corrected chi connectivity index (χ3v) is 3.78. The van der Waals surface area contributed by atoms with Gasteiger partial charge in [-0.05, 0) is 39.8 Å². The van der Waals surface area contributed by atoms with Gasteiger partial charge in [0.25, 0.3) is 0 Å². The van der Waals surface area contributed by atoms with Crippen molar-refractivity contribution in [2.24, 2.45) is 0 Å². The highest BCUT2D eigenvalue weighted by Gasteiger charge is 2.52. The SMILES string of the molecule is CN(C)c1ccc(B2OC(C)(C)C(C)(C)O2)nc1. The number of nitrogens with zero attached hydrogens (tertiary/aromatic N) is 2. The van der Waals surface area contributed by atoms with Crippen LogP contribution in [0.5, 0.6) is 0 Å². The molecule has 0 aliphatic carbocycles. The van der Waals surface area contributed by atoms with Gasteiger partial charge in [-0.25, -0.2) is 0 Å². The Bertz CT molecular complexity index is 413. The van der Waals surface area contributed by atoms with Crippen LogP contribution in [-0.4, -0.2) is 37.4 Å². The molecule has 0 N–H and O–H groups in total. The molecule has 18 heavy (non-hydrogen) atoms. The van der Waals surface area contributed by atoms with E-state index in [2.05, 4.69) is 4.98 Å². The first-order valence-electron chi connectivity index (χ1n) is 6.22. The minimum atomic E-state index is -0.383. The highest BCUT2D eigenvalue weighted by molar-refractivity contribution is 6.61. The van der Waals surface area contributed by atoms with E-state index in [1.54, 1.807) is 0 Å². The van der Waals surface area contributed by atoms with Gasteiger partial charge in [0.15, 0.2) is 0 Å². The molecule has 0 bridgehead atoms. The van der Waals surface area contributed by atoms with Crippen LogP contribution in [0, 0.1) is 0 Å². The summed E-state index contributed by atoms with van der Waals surface area (Å²) in [4.78, 5) is 6.44. The molecule has 0 spiro atoms. The van der Waals surface area contributed by atoms with Gasteiger partial charge in [-0.15, -0.1) is 0 Å². The van der Waals surface area contributed by atoms with Gasteiger partial charge >= 0.3 is 7.12 Å². The standard InChI is InChI=1S/C13H21BN2O2/c1-12(2)13(3,4)18-14(17-12)11-8-7-10(9-15-11)16(5)6/h7-9H,1-6H3. The van der Waals surface area contributed by atoms with Crippen LogP contribution < -0.4 is 10.5 Å². The second kappa shape index (κ2) is 4.25. The number of pyridine rings is 1. The van der Waals surface area contributed by atoms with Gasteiger partial charge in [0.05, 0.1) is 22.5 Å². The number of hydrogen-bond donors (Lipinski definition) is 0. The summed E-state index contributed by atoms with van der Waals surface area (Å²) in [6, 6.07) is 3.98. The molecule has 2 rings (SSSR count). The van der Waals surface area contributed by atoms with Gasteiger partial charge in [0.1, 0.15) is 0 Å². The van der Waals surface area contributed by atoms with Gasteiger partial charge in [-0.3, -0.25) is 4.98 Å². The summed E-state index contributed by atoms with van der Waals surface area (Å²) < 4.78 is 11.9. The van der Waals surface area contributed by atoms with Gasteiger partial charge in [0.2, 0.25) is 0 Å². The smallest absolute Gasteiger partial charge is 0.398 e. The van der Waals surface area contributed by atoms with Crippen molar-refractivity contribution in [2.45, 2.75) is 38.9 Å². The van der Waals surface area contributed by atoms with E-state index in [0.717, 1.165) is 11.3 Å². The minimum Gasteiger partial charge on any atom is -0.398 e. The summed E-state index contributed by atoms with van der Waals surface area (Å²) in [6.07, 6.45) is 1.83. The molecule has 1 aliphatic heterocycles. The maximum absolute atomic E-state index is 5.95. The molecule has 0 amide bonds. The molecule has 0 radical (unpaired) electrons. The lowest BCUT2D eigenvalue weighted by atomic mass is 9.84. The number of rotatable bonds is 2.